The van der Waals surface area contributed by atoms with Crippen LogP contribution in [-0.4, -0.2) is 61.8 Å². The molecule has 12 nitrogen and oxygen atoms in total. The molecule has 0 saturated carbocycles. The van der Waals surface area contributed by atoms with Gasteiger partial charge in [-0.15, -0.1) is 0 Å². The van der Waals surface area contributed by atoms with Gasteiger partial charge in [-0.3, -0.25) is 10.1 Å². The van der Waals surface area contributed by atoms with Crippen molar-refractivity contribution in [3.63, 3.8) is 0 Å². The highest BCUT2D eigenvalue weighted by Gasteiger charge is 2.51. The minimum Gasteiger partial charge on any atom is -0.478 e. The summed E-state index contributed by atoms with van der Waals surface area (Å²) in [4.78, 5) is 50.6. The molecule has 3 aromatic rings. The molecule has 0 aliphatic carbocycles. The van der Waals surface area contributed by atoms with E-state index in [1.165, 1.54) is 35.4 Å². The summed E-state index contributed by atoms with van der Waals surface area (Å²) < 4.78 is 0. The van der Waals surface area contributed by atoms with Crippen LogP contribution in [-0.2, 0) is 26.3 Å². The maximum Gasteiger partial charge on any atom is 0.334 e. The molecule has 0 spiro atoms. The Morgan fingerprint density at radius 1 is 1.12 bits per heavy atom. The lowest BCUT2D eigenvalue weighted by atomic mass is 9.63. The molecule has 0 atom stereocenters. The summed E-state index contributed by atoms with van der Waals surface area (Å²) in [6, 6.07) is 13.0. The second kappa shape index (κ2) is 11.9. The van der Waals surface area contributed by atoms with Gasteiger partial charge in [0.2, 0.25) is 0 Å². The lowest BCUT2D eigenvalue weighted by Crippen LogP contribution is -2.45. The molecule has 0 saturated heterocycles. The van der Waals surface area contributed by atoms with Crippen LogP contribution in [0.1, 0.15) is 42.8 Å². The van der Waals surface area contributed by atoms with Crippen LogP contribution in [0.25, 0.3) is 0 Å². The highest BCUT2D eigenvalue weighted by Crippen LogP contribution is 2.49. The summed E-state index contributed by atoms with van der Waals surface area (Å²) in [6.45, 7) is 2.98. The number of nitro groups is 1. The Labute approximate surface area is 235 Å². The van der Waals surface area contributed by atoms with E-state index in [-0.39, 0.29) is 35.4 Å². The topological polar surface area (TPSA) is 171 Å². The van der Waals surface area contributed by atoms with E-state index in [4.69, 9.17) is 4.84 Å². The molecule has 0 radical (unpaired) electrons. The SMILES string of the molecule is CC1=C(C(=O)O)C(CCON=Cc2ccc(Cc3ncc[nH]3)cc2)(c2cccc([N+](=O)[O-])c2)C(C(=O)O)=C(C)N1C. The van der Waals surface area contributed by atoms with Gasteiger partial charge >= 0.3 is 11.9 Å². The number of H-pyrrole nitrogens is 1. The number of carbonyl (C=O) groups is 2. The van der Waals surface area contributed by atoms with E-state index < -0.39 is 22.3 Å². The largest absolute Gasteiger partial charge is 0.478 e. The van der Waals surface area contributed by atoms with Crippen LogP contribution in [0.2, 0.25) is 0 Å². The van der Waals surface area contributed by atoms with E-state index in [9.17, 15) is 29.9 Å². The third kappa shape index (κ3) is 5.71. The standard InChI is InChI=1S/C29H29N5O7/c1-18-25(27(35)36)29(26(28(37)38)19(2)33(18)3,22-5-4-6-23(16-22)34(39)40)11-14-41-32-17-21-9-7-20(8-10-21)15-24-30-12-13-31-24/h4-10,12-13,16-17H,11,14-15H2,1-3H3,(H,30,31)(H,35,36)(H,37,38). The Kier molecular flexibility index (Phi) is 8.32. The predicted octanol–water partition coefficient (Wildman–Crippen LogP) is 4.25. The van der Waals surface area contributed by atoms with E-state index >= 15 is 0 Å². The number of aromatic nitrogens is 2. The second-order valence-corrected chi connectivity index (χ2v) is 9.57. The summed E-state index contributed by atoms with van der Waals surface area (Å²) in [6.07, 6.45) is 5.43. The minimum absolute atomic E-state index is 0.153. The summed E-state index contributed by atoms with van der Waals surface area (Å²) in [7, 11) is 1.58. The van der Waals surface area contributed by atoms with E-state index in [1.807, 2.05) is 24.3 Å². The molecule has 1 aromatic heterocycles. The number of non-ortho nitro benzene ring substituents is 1. The van der Waals surface area contributed by atoms with Gasteiger partial charge in [-0.05, 0) is 30.5 Å². The molecule has 2 aromatic carbocycles. The summed E-state index contributed by atoms with van der Waals surface area (Å²) in [5, 5.41) is 36.2. The molecule has 0 unspecified atom stereocenters. The fourth-order valence-electron chi connectivity index (χ4n) is 5.23. The zero-order valence-corrected chi connectivity index (χ0v) is 22.7. The summed E-state index contributed by atoms with van der Waals surface area (Å²) in [5.41, 5.74) is 0.123. The van der Waals surface area contributed by atoms with Crippen LogP contribution in [0, 0.1) is 10.1 Å². The third-order valence-electron chi connectivity index (χ3n) is 7.31. The first-order valence-electron chi connectivity index (χ1n) is 12.7. The number of imidazole rings is 1. The second-order valence-electron chi connectivity index (χ2n) is 9.57. The van der Waals surface area contributed by atoms with Gasteiger partial charge in [0.15, 0.2) is 0 Å². The van der Waals surface area contributed by atoms with Crippen molar-refractivity contribution in [2.24, 2.45) is 5.16 Å². The summed E-state index contributed by atoms with van der Waals surface area (Å²) in [5.74, 6) is -1.84. The number of carboxylic acids is 2. The van der Waals surface area contributed by atoms with Crippen molar-refractivity contribution in [1.82, 2.24) is 14.9 Å². The number of aromatic amines is 1. The molecular weight excluding hydrogens is 530 g/mol. The van der Waals surface area contributed by atoms with E-state index in [2.05, 4.69) is 15.1 Å². The first-order chi connectivity index (χ1) is 19.6. The maximum atomic E-state index is 12.7. The predicted molar refractivity (Wildman–Crippen MR) is 149 cm³/mol. The molecule has 2 heterocycles. The molecule has 41 heavy (non-hydrogen) atoms. The molecule has 212 valence electrons. The number of benzene rings is 2. The normalized spacial score (nSPS) is 15.0. The first kappa shape index (κ1) is 28.7. The minimum atomic E-state index is -1.76. The number of hydrogen-bond donors (Lipinski definition) is 3. The van der Waals surface area contributed by atoms with Gasteiger partial charge in [0.25, 0.3) is 5.69 Å². The monoisotopic (exact) mass is 559 g/mol. The van der Waals surface area contributed by atoms with Gasteiger partial charge in [-0.2, -0.15) is 0 Å². The van der Waals surface area contributed by atoms with Gasteiger partial charge in [-0.1, -0.05) is 41.6 Å². The Morgan fingerprint density at radius 3 is 2.34 bits per heavy atom. The molecule has 0 amide bonds. The zero-order chi connectivity index (χ0) is 29.7. The Bertz CT molecular complexity index is 1520. The van der Waals surface area contributed by atoms with Crippen LogP contribution in [0.15, 0.2) is 88.6 Å². The lowest BCUT2D eigenvalue weighted by molar-refractivity contribution is -0.385. The number of oxime groups is 1. The van der Waals surface area contributed by atoms with Crippen LogP contribution in [0.3, 0.4) is 0 Å². The van der Waals surface area contributed by atoms with Crippen LogP contribution in [0.5, 0.6) is 0 Å². The van der Waals surface area contributed by atoms with Gasteiger partial charge in [-0.25, -0.2) is 14.6 Å². The number of rotatable bonds is 11. The highest BCUT2D eigenvalue weighted by molar-refractivity contribution is 6.00. The molecule has 0 fully saturated rings. The molecule has 4 rings (SSSR count). The van der Waals surface area contributed by atoms with Crippen molar-refractivity contribution < 1.29 is 29.6 Å². The summed E-state index contributed by atoms with van der Waals surface area (Å²) >= 11 is 0. The number of allylic oxidation sites excluding steroid dienone is 2. The van der Waals surface area contributed by atoms with Gasteiger partial charge in [0.1, 0.15) is 12.4 Å². The Morgan fingerprint density at radius 2 is 1.78 bits per heavy atom. The molecule has 0 bridgehead atoms. The number of nitrogens with zero attached hydrogens (tertiary/aromatic N) is 4. The molecule has 1 aliphatic heterocycles. The van der Waals surface area contributed by atoms with Gasteiger partial charge in [0, 0.05) is 55.8 Å². The van der Waals surface area contributed by atoms with Crippen LogP contribution in [0.4, 0.5) is 5.69 Å². The maximum absolute atomic E-state index is 12.7. The fourth-order valence-corrected chi connectivity index (χ4v) is 5.23. The highest BCUT2D eigenvalue weighted by atomic mass is 16.6. The first-order valence-corrected chi connectivity index (χ1v) is 12.7. The molecule has 12 heteroatoms. The van der Waals surface area contributed by atoms with Crippen LogP contribution >= 0.6 is 0 Å². The molecular formula is C29H29N5O7. The smallest absolute Gasteiger partial charge is 0.334 e. The average molecular weight is 560 g/mol. The van der Waals surface area contributed by atoms with Gasteiger partial charge in [0.05, 0.1) is 27.7 Å². The van der Waals surface area contributed by atoms with Crippen molar-refractivity contribution in [3.8, 4) is 0 Å². The lowest BCUT2D eigenvalue weighted by Gasteiger charge is -2.43. The van der Waals surface area contributed by atoms with Crippen molar-refractivity contribution in [2.45, 2.75) is 32.1 Å². The average Bonchev–Trinajstić information content (AvgIpc) is 3.45. The number of carboxylic acid groups (broad SMARTS) is 2. The molecule has 3 N–H and O–H groups in total. The van der Waals surface area contributed by atoms with Crippen molar-refractivity contribution in [1.29, 1.82) is 0 Å². The van der Waals surface area contributed by atoms with E-state index in [0.717, 1.165) is 17.0 Å². The van der Waals surface area contributed by atoms with Crippen molar-refractivity contribution in [3.05, 3.63) is 116 Å². The van der Waals surface area contributed by atoms with Gasteiger partial charge < -0.3 is 24.9 Å². The zero-order valence-electron chi connectivity index (χ0n) is 22.7. The number of aliphatic carboxylic acids is 2. The number of hydrogen-bond acceptors (Lipinski definition) is 8. The van der Waals surface area contributed by atoms with Crippen molar-refractivity contribution in [2.75, 3.05) is 13.7 Å². The van der Waals surface area contributed by atoms with Crippen LogP contribution < -0.4 is 0 Å². The Hall–Kier alpha value is -5.26. The van der Waals surface area contributed by atoms with Crippen molar-refractivity contribution >= 4 is 23.8 Å². The number of nitro benzene ring substituents is 1. The number of nitrogens with one attached hydrogen (secondary N) is 1. The van der Waals surface area contributed by atoms with E-state index in [0.29, 0.717) is 17.8 Å². The Balaban J connectivity index is 1.65. The fraction of sp³-hybridized carbons (Fsp3) is 0.241. The third-order valence-corrected chi connectivity index (χ3v) is 7.31. The van der Waals surface area contributed by atoms with E-state index in [1.54, 1.807) is 33.3 Å². The molecule has 1 aliphatic rings. The quantitative estimate of drug-likeness (QED) is 0.134.